The Hall–Kier alpha value is -3.70. The highest BCUT2D eigenvalue weighted by Crippen LogP contribution is 2.40. The van der Waals surface area contributed by atoms with Crippen molar-refractivity contribution in [2.24, 2.45) is 0 Å². The maximum absolute atomic E-state index is 13.6. The van der Waals surface area contributed by atoms with Crippen LogP contribution in [0.1, 0.15) is 36.6 Å². The van der Waals surface area contributed by atoms with Gasteiger partial charge in [0.25, 0.3) is 5.91 Å². The standard InChI is InChI=1S/C24H14ClNO4/c25-16-2-1-3-17(12-16)26-19-11-9-14-8-10-18(21(23(26)28)20(14)22(19)27)13-4-6-15(7-5-13)24(29)30/h1-12,19H,(H,29,30). The number of benzene rings is 3. The summed E-state index contributed by atoms with van der Waals surface area (Å²) in [4.78, 5) is 39.5. The second-order valence-corrected chi connectivity index (χ2v) is 7.59. The molecule has 0 saturated heterocycles. The molecule has 1 unspecified atom stereocenters. The van der Waals surface area contributed by atoms with Crippen LogP contribution in [-0.4, -0.2) is 28.8 Å². The summed E-state index contributed by atoms with van der Waals surface area (Å²) in [7, 11) is 0. The van der Waals surface area contributed by atoms with E-state index in [1.165, 1.54) is 17.0 Å². The molecule has 1 N–H and O–H groups in total. The largest absolute Gasteiger partial charge is 0.478 e. The fourth-order valence-electron chi connectivity index (χ4n) is 4.06. The predicted octanol–water partition coefficient (Wildman–Crippen LogP) is 4.94. The summed E-state index contributed by atoms with van der Waals surface area (Å²) in [6.07, 6.45) is 3.58. The smallest absolute Gasteiger partial charge is 0.335 e. The molecule has 5 rings (SSSR count). The summed E-state index contributed by atoms with van der Waals surface area (Å²) < 4.78 is 0. The third-order valence-electron chi connectivity index (χ3n) is 5.45. The first-order valence-corrected chi connectivity index (χ1v) is 9.66. The van der Waals surface area contributed by atoms with Crippen LogP contribution in [0.3, 0.4) is 0 Å². The number of anilines is 1. The number of rotatable bonds is 3. The van der Waals surface area contributed by atoms with Crippen LogP contribution in [-0.2, 0) is 0 Å². The minimum atomic E-state index is -1.03. The Labute approximate surface area is 176 Å². The SMILES string of the molecule is O=C(O)c1ccc(-c2ccc3c4c2C(=O)N(c2cccc(Cl)c2)C(C=C3)C4=O)cc1. The van der Waals surface area contributed by atoms with E-state index in [9.17, 15) is 14.4 Å². The number of halogens is 1. The molecule has 2 bridgehead atoms. The monoisotopic (exact) mass is 415 g/mol. The molecule has 1 aliphatic heterocycles. The van der Waals surface area contributed by atoms with Gasteiger partial charge in [-0.05, 0) is 47.0 Å². The van der Waals surface area contributed by atoms with Crippen molar-refractivity contribution in [1.82, 2.24) is 0 Å². The average molecular weight is 416 g/mol. The summed E-state index contributed by atoms with van der Waals surface area (Å²) in [5.41, 5.74) is 3.38. The second-order valence-electron chi connectivity index (χ2n) is 7.16. The number of ketones is 1. The van der Waals surface area contributed by atoms with E-state index < -0.39 is 12.0 Å². The first-order chi connectivity index (χ1) is 14.5. The Kier molecular flexibility index (Phi) is 4.08. The van der Waals surface area contributed by atoms with Crippen LogP contribution in [0, 0.1) is 0 Å². The third kappa shape index (κ3) is 2.67. The van der Waals surface area contributed by atoms with Gasteiger partial charge in [0.1, 0.15) is 6.04 Å². The van der Waals surface area contributed by atoms with Crippen molar-refractivity contribution in [3.8, 4) is 11.1 Å². The van der Waals surface area contributed by atoms with Crippen LogP contribution in [0.2, 0.25) is 5.02 Å². The molecule has 0 saturated carbocycles. The first kappa shape index (κ1) is 18.3. The Morgan fingerprint density at radius 1 is 0.967 bits per heavy atom. The van der Waals surface area contributed by atoms with E-state index in [1.54, 1.807) is 48.5 Å². The molecular formula is C24H14ClNO4. The molecule has 5 nitrogen and oxygen atoms in total. The van der Waals surface area contributed by atoms with Gasteiger partial charge in [-0.2, -0.15) is 0 Å². The zero-order valence-corrected chi connectivity index (χ0v) is 16.3. The van der Waals surface area contributed by atoms with Crippen LogP contribution >= 0.6 is 11.6 Å². The first-order valence-electron chi connectivity index (χ1n) is 9.28. The zero-order chi connectivity index (χ0) is 21.0. The van der Waals surface area contributed by atoms with Crippen molar-refractivity contribution in [2.45, 2.75) is 6.04 Å². The van der Waals surface area contributed by atoms with Crippen molar-refractivity contribution in [2.75, 3.05) is 4.90 Å². The van der Waals surface area contributed by atoms with Gasteiger partial charge in [-0.3, -0.25) is 14.5 Å². The number of carbonyl (C=O) groups is 3. The predicted molar refractivity (Wildman–Crippen MR) is 114 cm³/mol. The van der Waals surface area contributed by atoms with Gasteiger partial charge in [0.05, 0.1) is 11.1 Å². The lowest BCUT2D eigenvalue weighted by Gasteiger charge is -2.37. The van der Waals surface area contributed by atoms with Crippen LogP contribution in [0.25, 0.3) is 17.2 Å². The van der Waals surface area contributed by atoms with Gasteiger partial charge < -0.3 is 5.11 Å². The van der Waals surface area contributed by atoms with E-state index in [0.29, 0.717) is 38.5 Å². The number of aromatic carboxylic acids is 1. The van der Waals surface area contributed by atoms with Crippen LogP contribution in [0.5, 0.6) is 0 Å². The molecule has 2 aliphatic rings. The molecule has 1 amide bonds. The van der Waals surface area contributed by atoms with E-state index in [0.717, 1.165) is 0 Å². The second kappa shape index (κ2) is 6.68. The zero-order valence-electron chi connectivity index (χ0n) is 15.5. The van der Waals surface area contributed by atoms with E-state index in [1.807, 2.05) is 12.1 Å². The molecule has 1 aliphatic carbocycles. The lowest BCUT2D eigenvalue weighted by molar-refractivity contribution is 0.0696. The normalized spacial score (nSPS) is 16.7. The number of hydrogen-bond donors (Lipinski definition) is 1. The van der Waals surface area contributed by atoms with Gasteiger partial charge in [-0.25, -0.2) is 4.79 Å². The van der Waals surface area contributed by atoms with Gasteiger partial charge in [0.15, 0.2) is 5.78 Å². The Balaban J connectivity index is 1.72. The number of nitrogens with zero attached hydrogens (tertiary/aromatic N) is 1. The quantitative estimate of drug-likeness (QED) is 0.657. The molecule has 146 valence electrons. The Morgan fingerprint density at radius 3 is 2.43 bits per heavy atom. The number of carboxylic acids is 1. The fourth-order valence-corrected chi connectivity index (χ4v) is 4.25. The summed E-state index contributed by atoms with van der Waals surface area (Å²) in [6.45, 7) is 0. The van der Waals surface area contributed by atoms with Gasteiger partial charge >= 0.3 is 5.97 Å². The number of hydrogen-bond acceptors (Lipinski definition) is 3. The van der Waals surface area contributed by atoms with Gasteiger partial charge in [0.2, 0.25) is 0 Å². The van der Waals surface area contributed by atoms with Gasteiger partial charge in [0, 0.05) is 16.3 Å². The maximum atomic E-state index is 13.6. The highest BCUT2D eigenvalue weighted by molar-refractivity contribution is 6.31. The minimum Gasteiger partial charge on any atom is -0.478 e. The molecule has 6 heteroatoms. The molecule has 30 heavy (non-hydrogen) atoms. The maximum Gasteiger partial charge on any atom is 0.335 e. The van der Waals surface area contributed by atoms with E-state index in [2.05, 4.69) is 0 Å². The van der Waals surface area contributed by atoms with Crippen molar-refractivity contribution in [3.63, 3.8) is 0 Å². The van der Waals surface area contributed by atoms with E-state index in [4.69, 9.17) is 16.7 Å². The average Bonchev–Trinajstić information content (AvgIpc) is 2.74. The summed E-state index contributed by atoms with van der Waals surface area (Å²) in [6, 6.07) is 16.0. The highest BCUT2D eigenvalue weighted by atomic mass is 35.5. The van der Waals surface area contributed by atoms with E-state index in [-0.39, 0.29) is 17.3 Å². The number of Topliss-reactive ketones (excluding diaryl/α,β-unsaturated/α-hetero) is 1. The Bertz CT molecular complexity index is 1280. The fraction of sp³-hybridized carbons (Fsp3) is 0.0417. The van der Waals surface area contributed by atoms with Crippen molar-refractivity contribution >= 4 is 41.0 Å². The lowest BCUT2D eigenvalue weighted by Crippen LogP contribution is -2.50. The molecule has 1 heterocycles. The summed E-state index contributed by atoms with van der Waals surface area (Å²) in [5, 5.41) is 9.62. The summed E-state index contributed by atoms with van der Waals surface area (Å²) in [5.74, 6) is -1.47. The van der Waals surface area contributed by atoms with Gasteiger partial charge in [-0.15, -0.1) is 0 Å². The molecule has 1 atom stereocenters. The van der Waals surface area contributed by atoms with Crippen LogP contribution < -0.4 is 4.90 Å². The summed E-state index contributed by atoms with van der Waals surface area (Å²) >= 11 is 6.13. The van der Waals surface area contributed by atoms with Gasteiger partial charge in [-0.1, -0.05) is 54.1 Å². The molecule has 0 fully saturated rings. The number of fused-ring (bicyclic) bond motifs is 1. The molecule has 3 aromatic carbocycles. The molecule has 0 spiro atoms. The topological polar surface area (TPSA) is 74.7 Å². The van der Waals surface area contributed by atoms with Crippen LogP contribution in [0.4, 0.5) is 5.69 Å². The number of carbonyl (C=O) groups excluding carboxylic acids is 2. The van der Waals surface area contributed by atoms with E-state index >= 15 is 0 Å². The van der Waals surface area contributed by atoms with Crippen molar-refractivity contribution in [3.05, 3.63) is 94.0 Å². The van der Waals surface area contributed by atoms with Crippen LogP contribution in [0.15, 0.2) is 66.7 Å². The van der Waals surface area contributed by atoms with Crippen molar-refractivity contribution < 1.29 is 19.5 Å². The Morgan fingerprint density at radius 2 is 1.73 bits per heavy atom. The molecule has 0 aromatic heterocycles. The third-order valence-corrected chi connectivity index (χ3v) is 5.69. The minimum absolute atomic E-state index is 0.147. The molecular weight excluding hydrogens is 402 g/mol. The number of amides is 1. The van der Waals surface area contributed by atoms with Crippen molar-refractivity contribution in [1.29, 1.82) is 0 Å². The highest BCUT2D eigenvalue weighted by Gasteiger charge is 2.42. The molecule has 3 aromatic rings. The number of carboxylic acid groups (broad SMARTS) is 1. The lowest BCUT2D eigenvalue weighted by atomic mass is 9.80. The molecule has 0 radical (unpaired) electrons.